The SMILES string of the molecule is Cn1nc(C(F)(F)C(F)(F)F)c(S(=O)C2CC2)c1N=CC(=CN)c1ccc(Cl)c(C(=O)NC2(C#N)CC2)c1. The monoisotopic (exact) mass is 574 g/mol. The van der Waals surface area contributed by atoms with Crippen molar-refractivity contribution in [2.45, 2.75) is 53.5 Å². The number of carbonyl (C=O) groups is 1. The highest BCUT2D eigenvalue weighted by molar-refractivity contribution is 7.86. The molecule has 0 saturated heterocycles. The van der Waals surface area contributed by atoms with Gasteiger partial charge in [0.2, 0.25) is 0 Å². The van der Waals surface area contributed by atoms with Crippen molar-refractivity contribution >= 4 is 45.9 Å². The number of hydrogen-bond donors (Lipinski definition) is 2. The fourth-order valence-corrected chi connectivity index (χ4v) is 5.33. The Hall–Kier alpha value is -3.31. The Morgan fingerprint density at radius 3 is 2.53 bits per heavy atom. The Balaban J connectivity index is 1.71. The quantitative estimate of drug-likeness (QED) is 0.355. The summed E-state index contributed by atoms with van der Waals surface area (Å²) in [7, 11) is -1.10. The zero-order valence-corrected chi connectivity index (χ0v) is 21.2. The molecule has 0 radical (unpaired) electrons. The summed E-state index contributed by atoms with van der Waals surface area (Å²) in [6, 6.07) is 6.28. The van der Waals surface area contributed by atoms with Gasteiger partial charge in [-0.05, 0) is 43.4 Å². The molecule has 2 fully saturated rings. The molecule has 1 amide bonds. The number of nitrogens with one attached hydrogen (secondary N) is 1. The lowest BCUT2D eigenvalue weighted by Crippen LogP contribution is -2.35. The minimum Gasteiger partial charge on any atom is -0.404 e. The number of amides is 1. The maximum absolute atomic E-state index is 14.3. The average molecular weight is 575 g/mol. The summed E-state index contributed by atoms with van der Waals surface area (Å²) in [6.07, 6.45) is -2.02. The molecule has 2 aliphatic rings. The topological polar surface area (TPSA) is 126 Å². The Kier molecular flexibility index (Phi) is 7.13. The number of rotatable bonds is 8. The minimum absolute atomic E-state index is 0.0293. The second kappa shape index (κ2) is 9.77. The van der Waals surface area contributed by atoms with Crippen LogP contribution in [0.3, 0.4) is 0 Å². The molecule has 1 atom stereocenters. The van der Waals surface area contributed by atoms with Crippen LogP contribution in [-0.2, 0) is 23.8 Å². The van der Waals surface area contributed by atoms with Gasteiger partial charge >= 0.3 is 12.1 Å². The molecular formula is C23H20ClF5N6O2S. The molecule has 1 aromatic carbocycles. The molecule has 15 heteroatoms. The Morgan fingerprint density at radius 1 is 1.34 bits per heavy atom. The van der Waals surface area contributed by atoms with Gasteiger partial charge in [0.15, 0.2) is 11.5 Å². The molecule has 38 heavy (non-hydrogen) atoms. The predicted molar refractivity (Wildman–Crippen MR) is 129 cm³/mol. The number of nitrogens with two attached hydrogens (primary N) is 1. The van der Waals surface area contributed by atoms with Crippen LogP contribution in [0.2, 0.25) is 5.02 Å². The summed E-state index contributed by atoms with van der Waals surface area (Å²) >= 11 is 6.16. The first-order valence-electron chi connectivity index (χ1n) is 11.2. The second-order valence-electron chi connectivity index (χ2n) is 8.92. The number of allylic oxidation sites excluding steroid dienone is 1. The van der Waals surface area contributed by atoms with Crippen molar-refractivity contribution in [3.05, 3.63) is 46.2 Å². The zero-order valence-electron chi connectivity index (χ0n) is 19.7. The fourth-order valence-electron chi connectivity index (χ4n) is 3.51. The van der Waals surface area contributed by atoms with E-state index in [9.17, 15) is 36.2 Å². The van der Waals surface area contributed by atoms with Gasteiger partial charge in [0, 0.05) is 30.3 Å². The van der Waals surface area contributed by atoms with Crippen LogP contribution in [0.25, 0.3) is 5.57 Å². The summed E-state index contributed by atoms with van der Waals surface area (Å²) in [6.45, 7) is 0. The van der Waals surface area contributed by atoms with Gasteiger partial charge in [-0.3, -0.25) is 9.00 Å². The fraction of sp³-hybridized carbons (Fsp3) is 0.391. The number of alkyl halides is 5. The van der Waals surface area contributed by atoms with E-state index in [2.05, 4.69) is 15.4 Å². The molecular weight excluding hydrogens is 555 g/mol. The third kappa shape index (κ3) is 5.17. The van der Waals surface area contributed by atoms with Gasteiger partial charge < -0.3 is 11.1 Å². The smallest absolute Gasteiger partial charge is 0.404 e. The van der Waals surface area contributed by atoms with Crippen molar-refractivity contribution in [2.24, 2.45) is 17.8 Å². The van der Waals surface area contributed by atoms with Crippen LogP contribution in [0.5, 0.6) is 0 Å². The van der Waals surface area contributed by atoms with Gasteiger partial charge in [-0.1, -0.05) is 17.7 Å². The molecule has 0 aliphatic heterocycles. The van der Waals surface area contributed by atoms with E-state index in [1.807, 2.05) is 6.07 Å². The molecule has 0 bridgehead atoms. The molecule has 2 aromatic rings. The van der Waals surface area contributed by atoms with Crippen LogP contribution >= 0.6 is 11.6 Å². The lowest BCUT2D eigenvalue weighted by atomic mass is 10.0. The molecule has 1 aromatic heterocycles. The highest BCUT2D eigenvalue weighted by Gasteiger charge is 2.62. The summed E-state index contributed by atoms with van der Waals surface area (Å²) in [4.78, 5) is 15.9. The summed E-state index contributed by atoms with van der Waals surface area (Å²) in [5, 5.41) is 14.7. The number of aliphatic imine (C=N–C) groups is 1. The minimum atomic E-state index is -5.96. The number of aryl methyl sites for hydroxylation is 1. The number of benzene rings is 1. The summed E-state index contributed by atoms with van der Waals surface area (Å²) < 4.78 is 81.7. The Bertz CT molecular complexity index is 1420. The van der Waals surface area contributed by atoms with Gasteiger partial charge in [0.25, 0.3) is 5.91 Å². The summed E-state index contributed by atoms with van der Waals surface area (Å²) in [5.41, 5.74) is 3.57. The Labute approximate surface area is 220 Å². The largest absolute Gasteiger partial charge is 0.459 e. The molecule has 202 valence electrons. The van der Waals surface area contributed by atoms with Crippen LogP contribution in [0.1, 0.15) is 47.3 Å². The third-order valence-electron chi connectivity index (χ3n) is 6.02. The first kappa shape index (κ1) is 27.7. The van der Waals surface area contributed by atoms with E-state index in [4.69, 9.17) is 17.3 Å². The molecule has 3 N–H and O–H groups in total. The number of halogens is 6. The van der Waals surface area contributed by atoms with Crippen LogP contribution in [0.4, 0.5) is 27.8 Å². The van der Waals surface area contributed by atoms with E-state index in [0.29, 0.717) is 35.9 Å². The van der Waals surface area contributed by atoms with Gasteiger partial charge in [0.1, 0.15) is 10.4 Å². The van der Waals surface area contributed by atoms with Gasteiger partial charge in [0.05, 0.1) is 27.5 Å². The van der Waals surface area contributed by atoms with Crippen molar-refractivity contribution in [3.63, 3.8) is 0 Å². The van der Waals surface area contributed by atoms with E-state index in [0.717, 1.165) is 19.5 Å². The number of nitrogens with zero attached hydrogens (tertiary/aromatic N) is 4. The molecule has 4 rings (SSSR count). The van der Waals surface area contributed by atoms with Crippen molar-refractivity contribution < 1.29 is 31.0 Å². The molecule has 8 nitrogen and oxygen atoms in total. The predicted octanol–water partition coefficient (Wildman–Crippen LogP) is 4.49. The Morgan fingerprint density at radius 2 is 2.00 bits per heavy atom. The van der Waals surface area contributed by atoms with Crippen molar-refractivity contribution in [1.29, 1.82) is 5.26 Å². The van der Waals surface area contributed by atoms with Crippen LogP contribution in [-0.4, -0.2) is 43.1 Å². The highest BCUT2D eigenvalue weighted by atomic mass is 35.5. The first-order chi connectivity index (χ1) is 17.7. The summed E-state index contributed by atoms with van der Waals surface area (Å²) in [5.74, 6) is -6.41. The molecule has 1 heterocycles. The average Bonchev–Trinajstić information content (AvgIpc) is 3.78. The maximum Gasteiger partial charge on any atom is 0.459 e. The van der Waals surface area contributed by atoms with Crippen LogP contribution in [0.15, 0.2) is 34.3 Å². The standard InChI is InChI=1S/C23H20ClF5N6O2S/c1-35-19(17(38(37)14-3-4-14)18(34-35)22(25,26)23(27,28)29)32-10-13(9-30)12-2-5-16(24)15(8-12)20(36)33-21(11-31)6-7-21/h2,5,8-10,14H,3-4,6-7,30H2,1H3,(H,33,36). The second-order valence-corrected chi connectivity index (χ2v) is 11.0. The lowest BCUT2D eigenvalue weighted by molar-refractivity contribution is -0.292. The van der Waals surface area contributed by atoms with E-state index in [1.165, 1.54) is 18.2 Å². The normalized spacial score (nSPS) is 18.3. The van der Waals surface area contributed by atoms with Crippen molar-refractivity contribution in [3.8, 4) is 6.07 Å². The van der Waals surface area contributed by atoms with E-state index in [1.54, 1.807) is 0 Å². The van der Waals surface area contributed by atoms with Crippen molar-refractivity contribution in [2.75, 3.05) is 0 Å². The molecule has 2 saturated carbocycles. The zero-order chi connectivity index (χ0) is 28.0. The number of nitriles is 1. The molecule has 2 aliphatic carbocycles. The molecule has 0 spiro atoms. The molecule has 1 unspecified atom stereocenters. The van der Waals surface area contributed by atoms with E-state index in [-0.39, 0.29) is 16.2 Å². The number of aromatic nitrogens is 2. The lowest BCUT2D eigenvalue weighted by Gasteiger charge is -2.18. The van der Waals surface area contributed by atoms with Gasteiger partial charge in [-0.2, -0.15) is 32.3 Å². The first-order valence-corrected chi connectivity index (χ1v) is 12.8. The highest BCUT2D eigenvalue weighted by Crippen LogP contribution is 2.48. The van der Waals surface area contributed by atoms with E-state index >= 15 is 0 Å². The van der Waals surface area contributed by atoms with Crippen LogP contribution < -0.4 is 11.1 Å². The number of carbonyl (C=O) groups excluding carboxylic acids is 1. The van der Waals surface area contributed by atoms with E-state index < -0.39 is 56.0 Å². The third-order valence-corrected chi connectivity index (χ3v) is 8.21. The number of hydrogen-bond acceptors (Lipinski definition) is 6. The van der Waals surface area contributed by atoms with Crippen LogP contribution in [0, 0.1) is 11.3 Å². The van der Waals surface area contributed by atoms with Crippen molar-refractivity contribution in [1.82, 2.24) is 15.1 Å². The van der Waals surface area contributed by atoms with Gasteiger partial charge in [-0.25, -0.2) is 9.67 Å². The van der Waals surface area contributed by atoms with Gasteiger partial charge in [-0.15, -0.1) is 0 Å². The maximum atomic E-state index is 14.3.